The number of carbonyl (C=O) groups is 3. The predicted molar refractivity (Wildman–Crippen MR) is 94.0 cm³/mol. The molecule has 144 valence electrons. The van der Waals surface area contributed by atoms with Gasteiger partial charge < -0.3 is 10.1 Å². The fourth-order valence-corrected chi connectivity index (χ4v) is 2.95. The molecule has 0 unspecified atom stereocenters. The van der Waals surface area contributed by atoms with Gasteiger partial charge in [0, 0.05) is 13.1 Å². The van der Waals surface area contributed by atoms with E-state index in [0.717, 1.165) is 18.9 Å². The molecular formula is C16H23N3O6S. The lowest BCUT2D eigenvalue weighted by Gasteiger charge is -2.08. The number of carbonyl (C=O) groups excluding carboxylic acids is 3. The van der Waals surface area contributed by atoms with Crippen LogP contribution in [-0.4, -0.2) is 46.0 Å². The minimum absolute atomic E-state index is 0.0239. The van der Waals surface area contributed by atoms with E-state index in [0.29, 0.717) is 6.54 Å². The van der Waals surface area contributed by atoms with Crippen molar-refractivity contribution in [3.8, 4) is 0 Å². The molecule has 0 radical (unpaired) electrons. The Hall–Kier alpha value is -2.46. The van der Waals surface area contributed by atoms with Crippen molar-refractivity contribution < 1.29 is 27.5 Å². The van der Waals surface area contributed by atoms with Crippen molar-refractivity contribution in [2.45, 2.75) is 31.6 Å². The first-order chi connectivity index (χ1) is 12.3. The maximum atomic E-state index is 12.0. The average molecular weight is 385 g/mol. The van der Waals surface area contributed by atoms with E-state index in [4.69, 9.17) is 4.74 Å². The second-order valence-corrected chi connectivity index (χ2v) is 7.03. The Balaban J connectivity index is 2.58. The maximum absolute atomic E-state index is 12.0. The van der Waals surface area contributed by atoms with Gasteiger partial charge in [-0.25, -0.2) is 22.7 Å². The van der Waals surface area contributed by atoms with E-state index in [1.54, 1.807) is 6.92 Å². The predicted octanol–water partition coefficient (Wildman–Crippen LogP) is 0.767. The summed E-state index contributed by atoms with van der Waals surface area (Å²) in [6.45, 7) is 3.57. The van der Waals surface area contributed by atoms with Crippen molar-refractivity contribution in [2.75, 3.05) is 19.7 Å². The van der Waals surface area contributed by atoms with Crippen LogP contribution in [0.25, 0.3) is 0 Å². The van der Waals surface area contributed by atoms with Crippen LogP contribution in [0.5, 0.6) is 0 Å². The molecule has 0 saturated heterocycles. The molecule has 0 saturated carbocycles. The SMILES string of the molecule is CCCCNC(=O)NC(=O)COC(=O)c1cccc(S(=O)(=O)NCC)c1. The first kappa shape index (κ1) is 21.6. The number of nitrogens with one attached hydrogen (secondary N) is 3. The van der Waals surface area contributed by atoms with Gasteiger partial charge in [0.25, 0.3) is 5.91 Å². The monoisotopic (exact) mass is 385 g/mol. The zero-order chi connectivity index (χ0) is 19.6. The summed E-state index contributed by atoms with van der Waals surface area (Å²) in [5, 5.41) is 4.51. The highest BCUT2D eigenvalue weighted by Gasteiger charge is 2.17. The molecule has 26 heavy (non-hydrogen) atoms. The van der Waals surface area contributed by atoms with Crippen LogP contribution >= 0.6 is 0 Å². The fraction of sp³-hybridized carbons (Fsp3) is 0.438. The number of sulfonamides is 1. The molecule has 3 amide bonds. The third-order valence-corrected chi connectivity index (χ3v) is 4.66. The van der Waals surface area contributed by atoms with Gasteiger partial charge in [0.1, 0.15) is 0 Å². The fourth-order valence-electron chi connectivity index (χ4n) is 1.86. The average Bonchev–Trinajstić information content (AvgIpc) is 2.60. The summed E-state index contributed by atoms with van der Waals surface area (Å²) in [6, 6.07) is 4.57. The first-order valence-corrected chi connectivity index (χ1v) is 9.63. The summed E-state index contributed by atoms with van der Waals surface area (Å²) in [7, 11) is -3.71. The van der Waals surface area contributed by atoms with Crippen molar-refractivity contribution in [1.29, 1.82) is 0 Å². The number of urea groups is 1. The van der Waals surface area contributed by atoms with Crippen LogP contribution in [0.1, 0.15) is 37.0 Å². The van der Waals surface area contributed by atoms with Gasteiger partial charge in [0.2, 0.25) is 10.0 Å². The summed E-state index contributed by atoms with van der Waals surface area (Å²) in [5.41, 5.74) is -0.0239. The number of rotatable bonds is 9. The van der Waals surface area contributed by atoms with Crippen molar-refractivity contribution in [2.24, 2.45) is 0 Å². The molecule has 0 heterocycles. The van der Waals surface area contributed by atoms with Crippen molar-refractivity contribution in [3.05, 3.63) is 29.8 Å². The summed E-state index contributed by atoms with van der Waals surface area (Å²) in [4.78, 5) is 34.9. The van der Waals surface area contributed by atoms with Crippen LogP contribution in [0.4, 0.5) is 4.79 Å². The van der Waals surface area contributed by atoms with E-state index >= 15 is 0 Å². The van der Waals surface area contributed by atoms with Crippen LogP contribution in [0.15, 0.2) is 29.2 Å². The lowest BCUT2D eigenvalue weighted by Crippen LogP contribution is -2.41. The number of benzene rings is 1. The van der Waals surface area contributed by atoms with Gasteiger partial charge in [-0.2, -0.15) is 0 Å². The topological polar surface area (TPSA) is 131 Å². The molecule has 0 aliphatic rings. The van der Waals surface area contributed by atoms with E-state index < -0.39 is 34.5 Å². The van der Waals surface area contributed by atoms with Crippen LogP contribution in [-0.2, 0) is 19.6 Å². The van der Waals surface area contributed by atoms with Gasteiger partial charge in [0.05, 0.1) is 10.5 Å². The Morgan fingerprint density at radius 3 is 2.54 bits per heavy atom. The molecule has 0 fully saturated rings. The van der Waals surface area contributed by atoms with Gasteiger partial charge >= 0.3 is 12.0 Å². The van der Waals surface area contributed by atoms with E-state index in [9.17, 15) is 22.8 Å². The second-order valence-electron chi connectivity index (χ2n) is 5.26. The molecular weight excluding hydrogens is 362 g/mol. The highest BCUT2D eigenvalue weighted by atomic mass is 32.2. The molecule has 0 aromatic heterocycles. The third kappa shape index (κ3) is 7.19. The molecule has 0 bridgehead atoms. The Kier molecular flexibility index (Phi) is 8.73. The van der Waals surface area contributed by atoms with Crippen LogP contribution in [0.3, 0.4) is 0 Å². The minimum atomic E-state index is -3.71. The van der Waals surface area contributed by atoms with Gasteiger partial charge in [0.15, 0.2) is 6.61 Å². The molecule has 9 nitrogen and oxygen atoms in total. The van der Waals surface area contributed by atoms with E-state index in [2.05, 4.69) is 10.0 Å². The van der Waals surface area contributed by atoms with E-state index in [-0.39, 0.29) is 17.0 Å². The van der Waals surface area contributed by atoms with Crippen molar-refractivity contribution >= 4 is 27.9 Å². The van der Waals surface area contributed by atoms with Crippen LogP contribution in [0.2, 0.25) is 0 Å². The van der Waals surface area contributed by atoms with Crippen molar-refractivity contribution in [1.82, 2.24) is 15.4 Å². The Bertz CT molecular complexity index is 748. The van der Waals surface area contributed by atoms with E-state index in [1.807, 2.05) is 12.2 Å². The van der Waals surface area contributed by atoms with Gasteiger partial charge in [-0.15, -0.1) is 0 Å². The molecule has 0 spiro atoms. The zero-order valence-corrected chi connectivity index (χ0v) is 15.5. The van der Waals surface area contributed by atoms with Gasteiger partial charge in [-0.1, -0.05) is 26.3 Å². The standard InChI is InChI=1S/C16H23N3O6S/c1-3-5-9-17-16(22)19-14(20)11-25-15(21)12-7-6-8-13(10-12)26(23,24)18-4-2/h6-8,10,18H,3-5,9,11H2,1-2H3,(H2,17,19,20,22). The molecule has 10 heteroatoms. The Labute approximate surface area is 152 Å². The summed E-state index contributed by atoms with van der Waals surface area (Å²) >= 11 is 0. The van der Waals surface area contributed by atoms with Crippen molar-refractivity contribution in [3.63, 3.8) is 0 Å². The van der Waals surface area contributed by atoms with E-state index in [1.165, 1.54) is 18.2 Å². The maximum Gasteiger partial charge on any atom is 0.338 e. The number of hydrogen-bond donors (Lipinski definition) is 3. The second kappa shape index (κ2) is 10.5. The summed E-state index contributed by atoms with van der Waals surface area (Å²) < 4.78 is 31.0. The van der Waals surface area contributed by atoms with Crippen LogP contribution < -0.4 is 15.4 Å². The molecule has 1 aromatic rings. The smallest absolute Gasteiger partial charge is 0.338 e. The Morgan fingerprint density at radius 2 is 1.88 bits per heavy atom. The summed E-state index contributed by atoms with van der Waals surface area (Å²) in [6.07, 6.45) is 1.68. The molecule has 0 aliphatic carbocycles. The number of unbranched alkanes of at least 4 members (excludes halogenated alkanes) is 1. The third-order valence-electron chi connectivity index (χ3n) is 3.12. The normalized spacial score (nSPS) is 10.8. The highest BCUT2D eigenvalue weighted by Crippen LogP contribution is 2.12. The highest BCUT2D eigenvalue weighted by molar-refractivity contribution is 7.89. The largest absolute Gasteiger partial charge is 0.452 e. The number of amides is 3. The lowest BCUT2D eigenvalue weighted by atomic mass is 10.2. The molecule has 1 rings (SSSR count). The molecule has 1 aromatic carbocycles. The number of imide groups is 1. The number of ether oxygens (including phenoxy) is 1. The summed E-state index contributed by atoms with van der Waals surface area (Å²) in [5.74, 6) is -1.66. The van der Waals surface area contributed by atoms with Gasteiger partial charge in [-0.3, -0.25) is 10.1 Å². The van der Waals surface area contributed by atoms with Crippen LogP contribution in [0, 0.1) is 0 Å². The first-order valence-electron chi connectivity index (χ1n) is 8.14. The minimum Gasteiger partial charge on any atom is -0.452 e. The zero-order valence-electron chi connectivity index (χ0n) is 14.7. The molecule has 0 atom stereocenters. The quantitative estimate of drug-likeness (QED) is 0.425. The molecule has 0 aliphatic heterocycles. The molecule has 3 N–H and O–H groups in total. The number of hydrogen-bond acceptors (Lipinski definition) is 6. The lowest BCUT2D eigenvalue weighted by molar-refractivity contribution is -0.123. The Morgan fingerprint density at radius 1 is 1.15 bits per heavy atom. The number of esters is 1. The van der Waals surface area contributed by atoms with Gasteiger partial charge in [-0.05, 0) is 24.6 Å².